The van der Waals surface area contributed by atoms with Crippen molar-refractivity contribution in [1.29, 1.82) is 5.26 Å². The number of halogens is 1. The van der Waals surface area contributed by atoms with Crippen molar-refractivity contribution in [1.82, 2.24) is 14.8 Å². The molecule has 3 aromatic rings. The van der Waals surface area contributed by atoms with E-state index < -0.39 is 46.1 Å². The second kappa shape index (κ2) is 11.4. The maximum atomic E-state index is 15.4. The quantitative estimate of drug-likeness (QED) is 0.367. The number of methoxy groups -OCH3 is 3. The average molecular weight is 624 g/mol. The lowest BCUT2D eigenvalue weighted by Gasteiger charge is -2.41. The van der Waals surface area contributed by atoms with E-state index in [1.165, 1.54) is 100.0 Å². The van der Waals surface area contributed by atoms with Crippen molar-refractivity contribution in [2.45, 2.75) is 29.1 Å². The minimum atomic E-state index is -4.74. The minimum absolute atomic E-state index is 0.0474. The Morgan fingerprint density at radius 1 is 1.09 bits per heavy atom. The molecule has 0 N–H and O–H groups in total. The molecule has 2 aromatic carbocycles. The summed E-state index contributed by atoms with van der Waals surface area (Å²) in [4.78, 5) is 35.2. The van der Waals surface area contributed by atoms with Gasteiger partial charge in [-0.2, -0.15) is 5.26 Å². The first-order chi connectivity index (χ1) is 21.0. The molecule has 1 fully saturated rings. The number of pyridine rings is 1. The van der Waals surface area contributed by atoms with Gasteiger partial charge in [0.2, 0.25) is 11.8 Å². The fourth-order valence-corrected chi connectivity index (χ4v) is 7.58. The van der Waals surface area contributed by atoms with Crippen LogP contribution in [0.4, 0.5) is 10.1 Å². The van der Waals surface area contributed by atoms with Crippen LogP contribution in [0.2, 0.25) is 0 Å². The highest BCUT2D eigenvalue weighted by molar-refractivity contribution is 7.93. The third kappa shape index (κ3) is 4.51. The number of alkyl halides is 1. The van der Waals surface area contributed by atoms with Gasteiger partial charge in [-0.25, -0.2) is 22.1 Å². The fourth-order valence-electron chi connectivity index (χ4n) is 5.98. The van der Waals surface area contributed by atoms with Crippen LogP contribution in [0.15, 0.2) is 59.6 Å². The molecular formula is C30H30FN5O7S. The number of carbonyl (C=O) groups excluding carboxylic acids is 2. The number of fused-ring (bicyclic) bond motifs is 1. The van der Waals surface area contributed by atoms with Crippen molar-refractivity contribution in [3.63, 3.8) is 0 Å². The van der Waals surface area contributed by atoms with Crippen LogP contribution in [0, 0.1) is 11.3 Å². The van der Waals surface area contributed by atoms with Gasteiger partial charge in [-0.05, 0) is 42.5 Å². The number of nitriles is 1. The van der Waals surface area contributed by atoms with Crippen LogP contribution in [0.3, 0.4) is 0 Å². The van der Waals surface area contributed by atoms with Crippen LogP contribution in [0.1, 0.15) is 23.1 Å². The van der Waals surface area contributed by atoms with Gasteiger partial charge in [0.25, 0.3) is 15.9 Å². The number of aromatic nitrogens is 1. The number of amides is 2. The summed E-state index contributed by atoms with van der Waals surface area (Å²) in [5.41, 5.74) is -2.00. The Balaban J connectivity index is 1.89. The molecule has 3 heterocycles. The van der Waals surface area contributed by atoms with E-state index in [0.717, 1.165) is 0 Å². The highest BCUT2D eigenvalue weighted by atomic mass is 32.2. The van der Waals surface area contributed by atoms with Crippen molar-refractivity contribution < 1.29 is 36.6 Å². The normalized spacial score (nSPS) is 21.5. The largest absolute Gasteiger partial charge is 0.497 e. The Kier molecular flexibility index (Phi) is 7.96. The zero-order chi connectivity index (χ0) is 32.0. The molecule has 0 radical (unpaired) electrons. The number of benzene rings is 2. The topological polar surface area (TPSA) is 142 Å². The lowest BCUT2D eigenvalue weighted by molar-refractivity contribution is -0.138. The molecule has 2 amide bonds. The van der Waals surface area contributed by atoms with Crippen LogP contribution >= 0.6 is 0 Å². The lowest BCUT2D eigenvalue weighted by atomic mass is 9.81. The Hall–Kier alpha value is -4.74. The van der Waals surface area contributed by atoms with Gasteiger partial charge in [-0.3, -0.25) is 14.5 Å². The molecule has 5 rings (SSSR count). The van der Waals surface area contributed by atoms with Gasteiger partial charge in [0, 0.05) is 50.5 Å². The van der Waals surface area contributed by atoms with Crippen molar-refractivity contribution in [2.75, 3.05) is 46.3 Å². The maximum absolute atomic E-state index is 15.4. The monoisotopic (exact) mass is 623 g/mol. The summed E-state index contributed by atoms with van der Waals surface area (Å²) < 4.78 is 61.2. The van der Waals surface area contributed by atoms with Crippen LogP contribution in [0.5, 0.6) is 17.4 Å². The number of anilines is 1. The number of carbonyl (C=O) groups is 2. The molecule has 44 heavy (non-hydrogen) atoms. The number of likely N-dealkylation sites (N-methyl/N-ethyl adjacent to an activating group) is 1. The SMILES string of the molecule is COc1ccc(S(=O)(=O)N2C(=O)C(c3cccnc3OC)(N3C[C@H](F)C[C@H]3C(=O)N(C)C)c3cc(C#N)ccc32)c(OC)c1. The predicted octanol–water partition coefficient (Wildman–Crippen LogP) is 2.46. The molecular weight excluding hydrogens is 593 g/mol. The Labute approximate surface area is 254 Å². The van der Waals surface area contributed by atoms with Crippen LogP contribution in [0.25, 0.3) is 0 Å². The first-order valence-electron chi connectivity index (χ1n) is 13.4. The molecule has 2 aliphatic rings. The summed E-state index contributed by atoms with van der Waals surface area (Å²) in [5.74, 6) is -1.34. The van der Waals surface area contributed by atoms with E-state index in [-0.39, 0.29) is 45.3 Å². The molecule has 1 unspecified atom stereocenters. The van der Waals surface area contributed by atoms with Crippen LogP contribution in [-0.2, 0) is 25.2 Å². The van der Waals surface area contributed by atoms with Gasteiger partial charge in [-0.1, -0.05) is 0 Å². The van der Waals surface area contributed by atoms with Gasteiger partial charge in [0.05, 0.1) is 44.7 Å². The molecule has 3 atom stereocenters. The third-order valence-electron chi connectivity index (χ3n) is 7.88. The number of rotatable bonds is 8. The highest BCUT2D eigenvalue weighted by Gasteiger charge is 2.64. The van der Waals surface area contributed by atoms with Crippen molar-refractivity contribution >= 4 is 27.5 Å². The third-order valence-corrected chi connectivity index (χ3v) is 9.61. The molecule has 1 saturated heterocycles. The first kappa shape index (κ1) is 30.7. The van der Waals surface area contributed by atoms with E-state index >= 15 is 9.18 Å². The smallest absolute Gasteiger partial charge is 0.274 e. The van der Waals surface area contributed by atoms with Gasteiger partial charge >= 0.3 is 0 Å². The predicted molar refractivity (Wildman–Crippen MR) is 156 cm³/mol. The minimum Gasteiger partial charge on any atom is -0.497 e. The Morgan fingerprint density at radius 2 is 1.84 bits per heavy atom. The number of sulfonamides is 1. The maximum Gasteiger partial charge on any atom is 0.274 e. The molecule has 0 aliphatic carbocycles. The van der Waals surface area contributed by atoms with Crippen molar-refractivity contribution in [2.24, 2.45) is 0 Å². The second-order valence-electron chi connectivity index (χ2n) is 10.4. The van der Waals surface area contributed by atoms with Gasteiger partial charge in [-0.15, -0.1) is 0 Å². The van der Waals surface area contributed by atoms with Gasteiger partial charge < -0.3 is 19.1 Å². The van der Waals surface area contributed by atoms with E-state index in [1.54, 1.807) is 0 Å². The summed E-state index contributed by atoms with van der Waals surface area (Å²) >= 11 is 0. The molecule has 14 heteroatoms. The van der Waals surface area contributed by atoms with E-state index in [1.807, 2.05) is 6.07 Å². The zero-order valence-corrected chi connectivity index (χ0v) is 25.5. The summed E-state index contributed by atoms with van der Waals surface area (Å²) in [6, 6.07) is 12.0. The molecule has 12 nitrogen and oxygen atoms in total. The molecule has 0 saturated carbocycles. The Morgan fingerprint density at radius 3 is 2.48 bits per heavy atom. The number of ether oxygens (including phenoxy) is 3. The van der Waals surface area contributed by atoms with E-state index in [4.69, 9.17) is 14.2 Å². The van der Waals surface area contributed by atoms with Crippen molar-refractivity contribution in [3.8, 4) is 23.4 Å². The Bertz CT molecular complexity index is 1790. The van der Waals surface area contributed by atoms with Crippen LogP contribution in [-0.4, -0.2) is 89.2 Å². The van der Waals surface area contributed by atoms with E-state index in [0.29, 0.717) is 10.1 Å². The summed E-state index contributed by atoms with van der Waals surface area (Å²) in [7, 11) is 2.29. The van der Waals surface area contributed by atoms with Crippen molar-refractivity contribution in [3.05, 3.63) is 71.4 Å². The molecule has 2 aliphatic heterocycles. The van der Waals surface area contributed by atoms with Gasteiger partial charge in [0.1, 0.15) is 22.6 Å². The summed E-state index contributed by atoms with van der Waals surface area (Å²) in [6.45, 7) is -0.399. The average Bonchev–Trinajstić information content (AvgIpc) is 3.54. The van der Waals surface area contributed by atoms with E-state index in [2.05, 4.69) is 4.98 Å². The molecule has 230 valence electrons. The number of nitrogens with zero attached hydrogens (tertiary/aromatic N) is 5. The number of likely N-dealkylation sites (tertiary alicyclic amines) is 1. The first-order valence-corrected chi connectivity index (χ1v) is 14.9. The number of hydrogen-bond donors (Lipinski definition) is 0. The fraction of sp³-hybridized carbons (Fsp3) is 0.333. The summed E-state index contributed by atoms with van der Waals surface area (Å²) in [6.07, 6.45) is -0.365. The van der Waals surface area contributed by atoms with Gasteiger partial charge in [0.15, 0.2) is 5.54 Å². The lowest BCUT2D eigenvalue weighted by Crippen LogP contribution is -2.59. The molecule has 0 bridgehead atoms. The zero-order valence-electron chi connectivity index (χ0n) is 24.6. The molecule has 1 aromatic heterocycles. The highest BCUT2D eigenvalue weighted by Crippen LogP contribution is 2.54. The van der Waals surface area contributed by atoms with Crippen LogP contribution < -0.4 is 18.5 Å². The number of hydrogen-bond acceptors (Lipinski definition) is 10. The summed E-state index contributed by atoms with van der Waals surface area (Å²) in [5, 5.41) is 9.85. The second-order valence-corrected chi connectivity index (χ2v) is 12.2. The van der Waals surface area contributed by atoms with E-state index in [9.17, 15) is 18.5 Å². The standard InChI is InChI=1S/C30H30FN5O7S/c1-34(2)28(37)24-14-19(31)17-35(24)30(21-7-6-12-33-27(21)43-5)22-13-18(16-32)8-10-23(22)36(29(30)38)44(39,40)26-11-9-20(41-3)15-25(26)42-4/h6-13,15,19,24H,14,17H2,1-5H3/t19-,24+,30?/m1/s1. The molecule has 0 spiro atoms.